The van der Waals surface area contributed by atoms with E-state index in [0.717, 1.165) is 11.3 Å². The number of hydrogen-bond acceptors (Lipinski definition) is 3. The smallest absolute Gasteiger partial charge is 0.354 e. The number of aromatic nitrogens is 1. The Morgan fingerprint density at radius 3 is 2.67 bits per heavy atom. The lowest BCUT2D eigenvalue weighted by Gasteiger charge is -2.04. The summed E-state index contributed by atoms with van der Waals surface area (Å²) in [6, 6.07) is 11.5. The van der Waals surface area contributed by atoms with Crippen LogP contribution in [0.2, 0.25) is 0 Å². The Bertz CT molecular complexity index is 638. The highest BCUT2D eigenvalue weighted by molar-refractivity contribution is 7.99. The number of aromatic carboxylic acids is 1. The Hall–Kier alpha value is -2.21. The van der Waals surface area contributed by atoms with Gasteiger partial charge in [0.15, 0.2) is 0 Å². The molecule has 1 heterocycles. The monoisotopic (exact) mass is 304 g/mol. The van der Waals surface area contributed by atoms with Crippen molar-refractivity contribution in [3.8, 4) is 0 Å². The topological polar surface area (TPSA) is 82.2 Å². The Kier molecular flexibility index (Phi) is 5.05. The van der Waals surface area contributed by atoms with Crippen LogP contribution < -0.4 is 5.32 Å². The van der Waals surface area contributed by atoms with Crippen molar-refractivity contribution < 1.29 is 14.7 Å². The van der Waals surface area contributed by atoms with E-state index in [9.17, 15) is 9.59 Å². The fourth-order valence-electron chi connectivity index (χ4n) is 1.88. The molecule has 21 heavy (non-hydrogen) atoms. The third-order valence-corrected chi connectivity index (χ3v) is 3.79. The van der Waals surface area contributed by atoms with Crippen molar-refractivity contribution in [1.82, 2.24) is 4.98 Å². The van der Waals surface area contributed by atoms with Crippen molar-refractivity contribution in [3.63, 3.8) is 0 Å². The number of hydrogen-bond donors (Lipinski definition) is 3. The van der Waals surface area contributed by atoms with Crippen LogP contribution in [-0.2, 0) is 10.5 Å². The summed E-state index contributed by atoms with van der Waals surface area (Å²) < 4.78 is 0. The first-order valence-corrected chi connectivity index (χ1v) is 7.56. The van der Waals surface area contributed by atoms with E-state index in [1.165, 1.54) is 11.8 Å². The first kappa shape index (κ1) is 15.2. The van der Waals surface area contributed by atoms with E-state index < -0.39 is 5.97 Å². The molecule has 0 aliphatic carbocycles. The van der Waals surface area contributed by atoms with E-state index in [-0.39, 0.29) is 17.4 Å². The summed E-state index contributed by atoms with van der Waals surface area (Å²) in [5, 5.41) is 11.7. The van der Waals surface area contributed by atoms with Crippen LogP contribution in [0.4, 0.5) is 5.69 Å². The molecular weight excluding hydrogens is 288 g/mol. The summed E-state index contributed by atoms with van der Waals surface area (Å²) in [6.45, 7) is 1.74. The summed E-state index contributed by atoms with van der Waals surface area (Å²) in [5.41, 5.74) is 2.16. The van der Waals surface area contributed by atoms with Gasteiger partial charge in [-0.25, -0.2) is 4.79 Å². The summed E-state index contributed by atoms with van der Waals surface area (Å²) in [6.07, 6.45) is 0. The predicted octanol–water partition coefficient (Wildman–Crippen LogP) is 2.89. The maximum absolute atomic E-state index is 11.8. The number of carbonyl (C=O) groups excluding carboxylic acids is 1. The van der Waals surface area contributed by atoms with Gasteiger partial charge in [-0.3, -0.25) is 4.79 Å². The number of aromatic amines is 1. The molecule has 0 saturated carbocycles. The summed E-state index contributed by atoms with van der Waals surface area (Å²) >= 11 is 1.49. The van der Waals surface area contributed by atoms with Gasteiger partial charge in [-0.2, -0.15) is 0 Å². The zero-order chi connectivity index (χ0) is 15.2. The van der Waals surface area contributed by atoms with Gasteiger partial charge in [0, 0.05) is 11.4 Å². The number of aryl methyl sites for hydroxylation is 1. The van der Waals surface area contributed by atoms with Crippen LogP contribution in [0.25, 0.3) is 0 Å². The zero-order valence-electron chi connectivity index (χ0n) is 11.6. The van der Waals surface area contributed by atoms with Gasteiger partial charge in [-0.1, -0.05) is 30.3 Å². The molecule has 1 aromatic carbocycles. The molecule has 0 bridgehead atoms. The molecule has 0 atom stereocenters. The minimum absolute atomic E-state index is 0.00825. The van der Waals surface area contributed by atoms with Gasteiger partial charge in [0.25, 0.3) is 0 Å². The second-order valence-electron chi connectivity index (χ2n) is 4.57. The van der Waals surface area contributed by atoms with Crippen molar-refractivity contribution in [3.05, 3.63) is 53.3 Å². The van der Waals surface area contributed by atoms with E-state index >= 15 is 0 Å². The number of rotatable bonds is 6. The number of nitrogens with one attached hydrogen (secondary N) is 2. The largest absolute Gasteiger partial charge is 0.477 e. The molecule has 1 amide bonds. The van der Waals surface area contributed by atoms with Crippen molar-refractivity contribution in [1.29, 1.82) is 0 Å². The fourth-order valence-corrected chi connectivity index (χ4v) is 2.67. The number of thioether (sulfide) groups is 1. The number of benzene rings is 1. The molecule has 0 spiro atoms. The Labute approximate surface area is 126 Å². The van der Waals surface area contributed by atoms with Crippen molar-refractivity contribution >= 4 is 29.3 Å². The Morgan fingerprint density at radius 1 is 1.29 bits per heavy atom. The highest BCUT2D eigenvalue weighted by atomic mass is 32.2. The van der Waals surface area contributed by atoms with Crippen LogP contribution in [0.3, 0.4) is 0 Å². The van der Waals surface area contributed by atoms with E-state index in [1.807, 2.05) is 30.3 Å². The molecule has 110 valence electrons. The third-order valence-electron chi connectivity index (χ3n) is 2.79. The van der Waals surface area contributed by atoms with E-state index in [2.05, 4.69) is 10.3 Å². The molecule has 0 radical (unpaired) electrons. The van der Waals surface area contributed by atoms with Gasteiger partial charge < -0.3 is 15.4 Å². The summed E-state index contributed by atoms with van der Waals surface area (Å²) in [5.74, 6) is -0.280. The van der Waals surface area contributed by atoms with E-state index in [1.54, 1.807) is 13.0 Å². The number of anilines is 1. The second kappa shape index (κ2) is 6.99. The molecule has 0 saturated heterocycles. The molecule has 5 nitrogen and oxygen atoms in total. The summed E-state index contributed by atoms with van der Waals surface area (Å²) in [4.78, 5) is 25.6. The van der Waals surface area contributed by atoms with Crippen LogP contribution in [0.1, 0.15) is 21.7 Å². The molecule has 6 heteroatoms. The first-order chi connectivity index (χ1) is 10.1. The van der Waals surface area contributed by atoms with Gasteiger partial charge in [0.05, 0.1) is 11.4 Å². The lowest BCUT2D eigenvalue weighted by atomic mass is 10.2. The molecule has 0 aliphatic rings. The molecule has 0 fully saturated rings. The minimum atomic E-state index is -1.09. The zero-order valence-corrected chi connectivity index (χ0v) is 12.4. The maximum Gasteiger partial charge on any atom is 0.354 e. The third kappa shape index (κ3) is 4.39. The maximum atomic E-state index is 11.8. The number of carbonyl (C=O) groups is 2. The van der Waals surface area contributed by atoms with Crippen molar-refractivity contribution in [2.45, 2.75) is 12.7 Å². The second-order valence-corrected chi connectivity index (χ2v) is 5.56. The van der Waals surface area contributed by atoms with E-state index in [4.69, 9.17) is 5.11 Å². The molecule has 0 unspecified atom stereocenters. The van der Waals surface area contributed by atoms with Gasteiger partial charge in [0.2, 0.25) is 5.91 Å². The van der Waals surface area contributed by atoms with Gasteiger partial charge in [-0.15, -0.1) is 11.8 Å². The predicted molar refractivity (Wildman–Crippen MR) is 83.7 cm³/mol. The number of amides is 1. The summed E-state index contributed by atoms with van der Waals surface area (Å²) in [7, 11) is 0. The highest BCUT2D eigenvalue weighted by Gasteiger charge is 2.15. The molecule has 3 N–H and O–H groups in total. The normalized spacial score (nSPS) is 10.3. The van der Waals surface area contributed by atoms with Crippen LogP contribution in [0.15, 0.2) is 36.4 Å². The quantitative estimate of drug-likeness (QED) is 0.766. The standard InChI is InChI=1S/C15H16N2O3S/c1-10-7-12(14(16-10)15(19)20)17-13(18)9-21-8-11-5-3-2-4-6-11/h2-7,16H,8-9H2,1H3,(H,17,18)(H,19,20). The van der Waals surface area contributed by atoms with Crippen molar-refractivity contribution in [2.75, 3.05) is 11.1 Å². The van der Waals surface area contributed by atoms with Gasteiger partial charge in [0.1, 0.15) is 5.69 Å². The number of H-pyrrole nitrogens is 1. The van der Waals surface area contributed by atoms with Gasteiger partial charge >= 0.3 is 5.97 Å². The fraction of sp³-hybridized carbons (Fsp3) is 0.200. The van der Waals surface area contributed by atoms with Crippen molar-refractivity contribution in [2.24, 2.45) is 0 Å². The molecular formula is C15H16N2O3S. The highest BCUT2D eigenvalue weighted by Crippen LogP contribution is 2.18. The van der Waals surface area contributed by atoms with Gasteiger partial charge in [-0.05, 0) is 18.6 Å². The first-order valence-electron chi connectivity index (χ1n) is 6.40. The average molecular weight is 304 g/mol. The number of carboxylic acids is 1. The Balaban J connectivity index is 1.86. The SMILES string of the molecule is Cc1cc(NC(=O)CSCc2ccccc2)c(C(=O)O)[nH]1. The molecule has 2 aromatic rings. The minimum Gasteiger partial charge on any atom is -0.477 e. The Morgan fingerprint density at radius 2 is 2.00 bits per heavy atom. The van der Waals surface area contributed by atoms with Crippen LogP contribution in [0.5, 0.6) is 0 Å². The lowest BCUT2D eigenvalue weighted by molar-refractivity contribution is -0.113. The molecule has 2 rings (SSSR count). The lowest BCUT2D eigenvalue weighted by Crippen LogP contribution is -2.16. The van der Waals surface area contributed by atoms with Crippen LogP contribution in [-0.4, -0.2) is 27.7 Å². The van der Waals surface area contributed by atoms with Crippen LogP contribution >= 0.6 is 11.8 Å². The molecule has 1 aromatic heterocycles. The average Bonchev–Trinajstić information content (AvgIpc) is 2.81. The molecule has 0 aliphatic heterocycles. The van der Waals surface area contributed by atoms with E-state index in [0.29, 0.717) is 11.4 Å². The van der Waals surface area contributed by atoms with Crippen LogP contribution in [0, 0.1) is 6.92 Å². The number of carboxylic acid groups (broad SMARTS) is 1.